The van der Waals surface area contributed by atoms with Gasteiger partial charge in [-0.05, 0) is 41.8 Å². The number of benzene rings is 3. The quantitative estimate of drug-likeness (QED) is 0.463. The zero-order chi connectivity index (χ0) is 21.5. The molecule has 1 saturated heterocycles. The Labute approximate surface area is 180 Å². The van der Waals surface area contributed by atoms with Crippen LogP contribution in [0.15, 0.2) is 84.9 Å². The largest absolute Gasteiger partial charge is 0.516 e. The highest BCUT2D eigenvalue weighted by molar-refractivity contribution is 5.88. The van der Waals surface area contributed by atoms with Gasteiger partial charge in [-0.3, -0.25) is 5.32 Å². The third-order valence-electron chi connectivity index (χ3n) is 5.07. The number of carbonyl (C=O) groups is 2. The van der Waals surface area contributed by atoms with E-state index < -0.39 is 17.8 Å². The zero-order valence-corrected chi connectivity index (χ0v) is 17.0. The maximum Gasteiger partial charge on any atom is 0.516 e. The van der Waals surface area contributed by atoms with Gasteiger partial charge in [0.05, 0.1) is 0 Å². The van der Waals surface area contributed by atoms with Crippen molar-refractivity contribution in [2.24, 2.45) is 0 Å². The van der Waals surface area contributed by atoms with Gasteiger partial charge in [0.15, 0.2) is 0 Å². The average Bonchev–Trinajstić information content (AvgIpc) is 3.29. The van der Waals surface area contributed by atoms with E-state index in [1.165, 1.54) is 0 Å². The molecule has 0 aliphatic carbocycles. The van der Waals surface area contributed by atoms with Crippen molar-refractivity contribution in [2.45, 2.75) is 25.2 Å². The monoisotopic (exact) mass is 417 g/mol. The summed E-state index contributed by atoms with van der Waals surface area (Å²) in [4.78, 5) is 24.8. The van der Waals surface area contributed by atoms with E-state index in [9.17, 15) is 9.59 Å². The van der Waals surface area contributed by atoms with Crippen LogP contribution in [0, 0.1) is 0 Å². The number of ether oxygens (including phenoxy) is 3. The van der Waals surface area contributed by atoms with Gasteiger partial charge in [-0.1, -0.05) is 72.8 Å². The van der Waals surface area contributed by atoms with Crippen molar-refractivity contribution >= 4 is 12.1 Å². The van der Waals surface area contributed by atoms with Gasteiger partial charge in [0.25, 0.3) is 5.72 Å². The molecule has 1 atom stereocenters. The summed E-state index contributed by atoms with van der Waals surface area (Å²) in [5.41, 5.74) is 1.51. The molecule has 1 N–H and O–H groups in total. The molecule has 0 radical (unpaired) electrons. The van der Waals surface area contributed by atoms with Gasteiger partial charge in [-0.2, -0.15) is 0 Å². The Morgan fingerprint density at radius 3 is 2.13 bits per heavy atom. The van der Waals surface area contributed by atoms with E-state index in [0.29, 0.717) is 18.7 Å². The second-order valence-corrected chi connectivity index (χ2v) is 7.26. The van der Waals surface area contributed by atoms with Crippen molar-refractivity contribution < 1.29 is 23.8 Å². The molecule has 6 heteroatoms. The number of carbonyl (C=O) groups excluding carboxylic acids is 2. The molecule has 4 rings (SSSR count). The van der Waals surface area contributed by atoms with Crippen molar-refractivity contribution in [1.29, 1.82) is 0 Å². The number of hydrogen-bond donors (Lipinski definition) is 1. The zero-order valence-electron chi connectivity index (χ0n) is 17.0. The number of hydrogen-bond acceptors (Lipinski definition) is 6. The molecule has 0 aromatic heterocycles. The van der Waals surface area contributed by atoms with Crippen LogP contribution < -0.4 is 10.1 Å². The minimum Gasteiger partial charge on any atom is -0.461 e. The molecule has 3 aromatic carbocycles. The standard InChI is InChI=1S/C25H23NO5/c27-23(30-24(28)29-18-19-8-3-1-4-9-19)25(16-7-17-26-25)31-22-14-12-21(13-15-22)20-10-5-2-6-11-20/h1-6,8-15,26H,7,16-18H2/t25-/m1/s1. The molecule has 31 heavy (non-hydrogen) atoms. The highest BCUT2D eigenvalue weighted by Crippen LogP contribution is 2.28. The van der Waals surface area contributed by atoms with Crippen molar-refractivity contribution in [3.8, 4) is 16.9 Å². The Morgan fingerprint density at radius 2 is 1.48 bits per heavy atom. The van der Waals surface area contributed by atoms with Gasteiger partial charge in [0.2, 0.25) is 0 Å². The summed E-state index contributed by atoms with van der Waals surface area (Å²) in [6.45, 7) is 0.603. The lowest BCUT2D eigenvalue weighted by atomic mass is 10.1. The number of rotatable bonds is 6. The van der Waals surface area contributed by atoms with Crippen LogP contribution in [0.25, 0.3) is 11.1 Å². The van der Waals surface area contributed by atoms with Crippen molar-refractivity contribution in [1.82, 2.24) is 5.32 Å². The first-order valence-electron chi connectivity index (χ1n) is 10.2. The molecule has 6 nitrogen and oxygen atoms in total. The molecular formula is C25H23NO5. The Kier molecular flexibility index (Phi) is 6.29. The van der Waals surface area contributed by atoms with E-state index in [-0.39, 0.29) is 6.61 Å². The molecule has 0 amide bonds. The maximum atomic E-state index is 12.8. The molecule has 158 valence electrons. The van der Waals surface area contributed by atoms with Crippen molar-refractivity contribution in [3.05, 3.63) is 90.5 Å². The van der Waals surface area contributed by atoms with Gasteiger partial charge in [0.1, 0.15) is 12.4 Å². The molecule has 0 unspecified atom stereocenters. The van der Waals surface area contributed by atoms with Crippen molar-refractivity contribution in [2.75, 3.05) is 6.54 Å². The number of nitrogens with one attached hydrogen (secondary N) is 1. The molecule has 0 saturated carbocycles. The SMILES string of the molecule is O=C(OCc1ccccc1)OC(=O)[C@]1(Oc2ccc(-c3ccccc3)cc2)CCCN1. The summed E-state index contributed by atoms with van der Waals surface area (Å²) in [5, 5.41) is 3.04. The second kappa shape index (κ2) is 9.45. The highest BCUT2D eigenvalue weighted by Gasteiger charge is 2.46. The summed E-state index contributed by atoms with van der Waals surface area (Å²) in [5.74, 6) is -0.307. The van der Waals surface area contributed by atoms with Gasteiger partial charge in [-0.25, -0.2) is 9.59 Å². The van der Waals surface area contributed by atoms with E-state index >= 15 is 0 Å². The first-order valence-corrected chi connectivity index (χ1v) is 10.2. The smallest absolute Gasteiger partial charge is 0.461 e. The van der Waals surface area contributed by atoms with E-state index in [2.05, 4.69) is 5.32 Å². The Morgan fingerprint density at radius 1 is 0.839 bits per heavy atom. The lowest BCUT2D eigenvalue weighted by Gasteiger charge is -2.27. The molecule has 0 bridgehead atoms. The van der Waals surface area contributed by atoms with Crippen LogP contribution in [0.1, 0.15) is 18.4 Å². The van der Waals surface area contributed by atoms with Gasteiger partial charge in [0, 0.05) is 6.42 Å². The lowest BCUT2D eigenvalue weighted by Crippen LogP contribution is -2.54. The summed E-state index contributed by atoms with van der Waals surface area (Å²) < 4.78 is 16.0. The van der Waals surface area contributed by atoms with E-state index in [1.54, 1.807) is 12.1 Å². The summed E-state index contributed by atoms with van der Waals surface area (Å²) >= 11 is 0. The Hall–Kier alpha value is -3.64. The highest BCUT2D eigenvalue weighted by atomic mass is 16.7. The fourth-order valence-electron chi connectivity index (χ4n) is 3.47. The van der Waals surface area contributed by atoms with Crippen LogP contribution in [0.2, 0.25) is 0 Å². The average molecular weight is 417 g/mol. The van der Waals surface area contributed by atoms with Crippen LogP contribution in [0.3, 0.4) is 0 Å². The molecule has 1 aliphatic heterocycles. The molecule has 3 aromatic rings. The van der Waals surface area contributed by atoms with Gasteiger partial charge >= 0.3 is 12.1 Å². The molecule has 1 heterocycles. The van der Waals surface area contributed by atoms with Crippen molar-refractivity contribution in [3.63, 3.8) is 0 Å². The molecule has 1 fully saturated rings. The second-order valence-electron chi connectivity index (χ2n) is 7.26. The lowest BCUT2D eigenvalue weighted by molar-refractivity contribution is -0.159. The fourth-order valence-corrected chi connectivity index (χ4v) is 3.47. The van der Waals surface area contributed by atoms with Crippen LogP contribution in [0.4, 0.5) is 4.79 Å². The van der Waals surface area contributed by atoms with Crippen LogP contribution >= 0.6 is 0 Å². The molecule has 0 spiro atoms. The Balaban J connectivity index is 1.40. The topological polar surface area (TPSA) is 73.9 Å². The summed E-state index contributed by atoms with van der Waals surface area (Å²) in [6, 6.07) is 26.6. The first-order chi connectivity index (χ1) is 15.1. The Bertz CT molecular complexity index is 1010. The first kappa shape index (κ1) is 20.6. The maximum absolute atomic E-state index is 12.8. The normalized spacial score (nSPS) is 17.7. The van der Waals surface area contributed by atoms with Crippen LogP contribution in [-0.2, 0) is 20.9 Å². The predicted octanol–water partition coefficient (Wildman–Crippen LogP) is 4.69. The van der Waals surface area contributed by atoms with Crippen LogP contribution in [-0.4, -0.2) is 24.4 Å². The van der Waals surface area contributed by atoms with E-state index in [0.717, 1.165) is 23.1 Å². The number of esters is 1. The third kappa shape index (κ3) is 5.10. The summed E-state index contributed by atoms with van der Waals surface area (Å²) in [6.07, 6.45) is 0.0547. The minimum atomic E-state index is -1.42. The third-order valence-corrected chi connectivity index (χ3v) is 5.07. The van der Waals surface area contributed by atoms with Gasteiger partial charge in [-0.15, -0.1) is 0 Å². The van der Waals surface area contributed by atoms with E-state index in [4.69, 9.17) is 14.2 Å². The fraction of sp³-hybridized carbons (Fsp3) is 0.200. The predicted molar refractivity (Wildman–Crippen MR) is 115 cm³/mol. The molecular weight excluding hydrogens is 394 g/mol. The molecule has 1 aliphatic rings. The minimum absolute atomic E-state index is 0.0230. The van der Waals surface area contributed by atoms with Gasteiger partial charge < -0.3 is 14.2 Å². The summed E-state index contributed by atoms with van der Waals surface area (Å²) in [7, 11) is 0. The van der Waals surface area contributed by atoms with E-state index in [1.807, 2.05) is 72.8 Å². The van der Waals surface area contributed by atoms with Crippen LogP contribution in [0.5, 0.6) is 5.75 Å².